The first kappa shape index (κ1) is 8.53. The molecule has 0 heterocycles. The van der Waals surface area contributed by atoms with Crippen molar-refractivity contribution in [3.8, 4) is 0 Å². The first-order chi connectivity index (χ1) is 5.20. The third kappa shape index (κ3) is 2.50. The van der Waals surface area contributed by atoms with E-state index >= 15 is 0 Å². The Balaban J connectivity index is 2.09. The van der Waals surface area contributed by atoms with E-state index in [0.717, 1.165) is 12.8 Å². The van der Waals surface area contributed by atoms with Crippen molar-refractivity contribution in [2.24, 2.45) is 5.92 Å². The van der Waals surface area contributed by atoms with Crippen LogP contribution in [0.2, 0.25) is 0 Å². The van der Waals surface area contributed by atoms with Gasteiger partial charge in [-0.05, 0) is 25.2 Å². The maximum absolute atomic E-state index is 10.1. The van der Waals surface area contributed by atoms with Gasteiger partial charge in [-0.3, -0.25) is 4.79 Å². The molecule has 0 aromatic rings. The molecule has 1 unspecified atom stereocenters. The van der Waals surface area contributed by atoms with Crippen LogP contribution >= 0.6 is 0 Å². The molecule has 3 heteroatoms. The molecule has 1 saturated carbocycles. The highest BCUT2D eigenvalue weighted by Gasteiger charge is 2.25. The standard InChI is InChI=1S/C8H14O3/c9-7(4-5-8(10)11)6-2-1-3-6/h6-7,9H,1-5H2,(H,10,11). The second-order valence-electron chi connectivity index (χ2n) is 3.19. The SMILES string of the molecule is O=C(O)CCC(O)C1CCC1. The maximum Gasteiger partial charge on any atom is 0.303 e. The van der Waals surface area contributed by atoms with Crippen LogP contribution in [0.25, 0.3) is 0 Å². The van der Waals surface area contributed by atoms with Crippen LogP contribution in [-0.2, 0) is 4.79 Å². The summed E-state index contributed by atoms with van der Waals surface area (Å²) in [5.74, 6) is -0.433. The third-order valence-corrected chi connectivity index (χ3v) is 2.35. The van der Waals surface area contributed by atoms with Gasteiger partial charge in [-0.1, -0.05) is 6.42 Å². The molecule has 0 bridgehead atoms. The lowest BCUT2D eigenvalue weighted by Gasteiger charge is -2.29. The van der Waals surface area contributed by atoms with Gasteiger partial charge < -0.3 is 10.2 Å². The summed E-state index contributed by atoms with van der Waals surface area (Å²) in [4.78, 5) is 10.1. The second-order valence-corrected chi connectivity index (χ2v) is 3.19. The van der Waals surface area contributed by atoms with Crippen LogP contribution in [0.1, 0.15) is 32.1 Å². The zero-order chi connectivity index (χ0) is 8.27. The highest BCUT2D eigenvalue weighted by Crippen LogP contribution is 2.31. The van der Waals surface area contributed by atoms with Gasteiger partial charge in [0, 0.05) is 6.42 Å². The van der Waals surface area contributed by atoms with Crippen molar-refractivity contribution in [1.82, 2.24) is 0 Å². The minimum absolute atomic E-state index is 0.0949. The van der Waals surface area contributed by atoms with Crippen LogP contribution in [0.4, 0.5) is 0 Å². The molecule has 1 aliphatic rings. The Hall–Kier alpha value is -0.570. The Morgan fingerprint density at radius 3 is 2.55 bits per heavy atom. The van der Waals surface area contributed by atoms with Gasteiger partial charge in [0.15, 0.2) is 0 Å². The van der Waals surface area contributed by atoms with E-state index in [2.05, 4.69) is 0 Å². The van der Waals surface area contributed by atoms with Gasteiger partial charge in [0.2, 0.25) is 0 Å². The van der Waals surface area contributed by atoms with Crippen LogP contribution in [0.5, 0.6) is 0 Å². The first-order valence-corrected chi connectivity index (χ1v) is 4.10. The van der Waals surface area contributed by atoms with E-state index in [-0.39, 0.29) is 12.5 Å². The van der Waals surface area contributed by atoms with Gasteiger partial charge in [-0.15, -0.1) is 0 Å². The molecule has 11 heavy (non-hydrogen) atoms. The summed E-state index contributed by atoms with van der Waals surface area (Å²) < 4.78 is 0. The Morgan fingerprint density at radius 2 is 2.18 bits per heavy atom. The second kappa shape index (κ2) is 3.72. The molecule has 2 N–H and O–H groups in total. The van der Waals surface area contributed by atoms with Crippen LogP contribution in [-0.4, -0.2) is 22.3 Å². The summed E-state index contributed by atoms with van der Waals surface area (Å²) in [5, 5.41) is 17.7. The van der Waals surface area contributed by atoms with Gasteiger partial charge in [0.25, 0.3) is 0 Å². The smallest absolute Gasteiger partial charge is 0.303 e. The molecular formula is C8H14O3. The molecule has 1 fully saturated rings. The monoisotopic (exact) mass is 158 g/mol. The molecule has 64 valence electrons. The Labute approximate surface area is 66.0 Å². The van der Waals surface area contributed by atoms with Gasteiger partial charge in [-0.25, -0.2) is 0 Å². The topological polar surface area (TPSA) is 57.5 Å². The molecule has 1 rings (SSSR count). The molecule has 0 radical (unpaired) electrons. The molecule has 1 aliphatic carbocycles. The van der Waals surface area contributed by atoms with Crippen molar-refractivity contribution in [2.45, 2.75) is 38.2 Å². The summed E-state index contributed by atoms with van der Waals surface area (Å²) in [6.45, 7) is 0. The van der Waals surface area contributed by atoms with E-state index in [1.807, 2.05) is 0 Å². The number of aliphatic hydroxyl groups is 1. The number of carboxylic acids is 1. The van der Waals surface area contributed by atoms with Crippen LogP contribution in [0, 0.1) is 5.92 Å². The predicted octanol–water partition coefficient (Wildman–Crippen LogP) is 1.01. The number of carboxylic acid groups (broad SMARTS) is 1. The number of rotatable bonds is 4. The van der Waals surface area contributed by atoms with E-state index in [9.17, 15) is 9.90 Å². The van der Waals surface area contributed by atoms with Crippen molar-refractivity contribution < 1.29 is 15.0 Å². The lowest BCUT2D eigenvalue weighted by atomic mass is 9.80. The molecule has 0 aromatic carbocycles. The first-order valence-electron chi connectivity index (χ1n) is 4.10. The van der Waals surface area contributed by atoms with E-state index in [1.54, 1.807) is 0 Å². The van der Waals surface area contributed by atoms with Gasteiger partial charge in [-0.2, -0.15) is 0 Å². The summed E-state index contributed by atoms with van der Waals surface area (Å²) in [6, 6.07) is 0. The maximum atomic E-state index is 10.1. The average Bonchev–Trinajstić information content (AvgIpc) is 1.79. The van der Waals surface area contributed by atoms with Crippen LogP contribution in [0.3, 0.4) is 0 Å². The Bertz CT molecular complexity index is 140. The van der Waals surface area contributed by atoms with Crippen molar-refractivity contribution in [3.63, 3.8) is 0 Å². The minimum Gasteiger partial charge on any atom is -0.481 e. The molecule has 0 aliphatic heterocycles. The number of hydrogen-bond donors (Lipinski definition) is 2. The molecule has 3 nitrogen and oxygen atoms in total. The number of aliphatic hydroxyl groups excluding tert-OH is 1. The highest BCUT2D eigenvalue weighted by atomic mass is 16.4. The zero-order valence-electron chi connectivity index (χ0n) is 6.49. The van der Waals surface area contributed by atoms with Crippen molar-refractivity contribution >= 4 is 5.97 Å². The molecule has 0 saturated heterocycles. The van der Waals surface area contributed by atoms with Gasteiger partial charge >= 0.3 is 5.97 Å². The molecule has 1 atom stereocenters. The van der Waals surface area contributed by atoms with E-state index in [0.29, 0.717) is 12.3 Å². The summed E-state index contributed by atoms with van der Waals surface area (Å²) >= 11 is 0. The van der Waals surface area contributed by atoms with Crippen molar-refractivity contribution in [3.05, 3.63) is 0 Å². The lowest BCUT2D eigenvalue weighted by Crippen LogP contribution is -2.27. The van der Waals surface area contributed by atoms with Crippen molar-refractivity contribution in [1.29, 1.82) is 0 Å². The number of aliphatic carboxylic acids is 1. The average molecular weight is 158 g/mol. The van der Waals surface area contributed by atoms with E-state index in [4.69, 9.17) is 5.11 Å². The third-order valence-electron chi connectivity index (χ3n) is 2.35. The van der Waals surface area contributed by atoms with Crippen LogP contribution < -0.4 is 0 Å². The normalized spacial score (nSPS) is 20.8. The Morgan fingerprint density at radius 1 is 1.55 bits per heavy atom. The fourth-order valence-electron chi connectivity index (χ4n) is 1.33. The number of carbonyl (C=O) groups is 1. The van der Waals surface area contributed by atoms with E-state index in [1.165, 1.54) is 6.42 Å². The van der Waals surface area contributed by atoms with Crippen LogP contribution in [0.15, 0.2) is 0 Å². The molecule has 0 spiro atoms. The quantitative estimate of drug-likeness (QED) is 0.642. The summed E-state index contributed by atoms with van der Waals surface area (Å²) in [6.07, 6.45) is 3.47. The highest BCUT2D eigenvalue weighted by molar-refractivity contribution is 5.66. The van der Waals surface area contributed by atoms with Gasteiger partial charge in [0.05, 0.1) is 6.10 Å². The molecule has 0 aromatic heterocycles. The summed E-state index contributed by atoms with van der Waals surface area (Å²) in [5.41, 5.74) is 0. The zero-order valence-corrected chi connectivity index (χ0v) is 6.49. The molecular weight excluding hydrogens is 144 g/mol. The predicted molar refractivity (Wildman–Crippen MR) is 40.2 cm³/mol. The largest absolute Gasteiger partial charge is 0.481 e. The summed E-state index contributed by atoms with van der Waals surface area (Å²) in [7, 11) is 0. The fraction of sp³-hybridized carbons (Fsp3) is 0.875. The lowest BCUT2D eigenvalue weighted by molar-refractivity contribution is -0.137. The number of hydrogen-bond acceptors (Lipinski definition) is 2. The van der Waals surface area contributed by atoms with Crippen molar-refractivity contribution in [2.75, 3.05) is 0 Å². The minimum atomic E-state index is -0.816. The van der Waals surface area contributed by atoms with Gasteiger partial charge in [0.1, 0.15) is 0 Å². The molecule has 0 amide bonds. The fourth-order valence-corrected chi connectivity index (χ4v) is 1.33. The Kier molecular flexibility index (Phi) is 2.88. The van der Waals surface area contributed by atoms with E-state index < -0.39 is 5.97 Å².